The predicted octanol–water partition coefficient (Wildman–Crippen LogP) is 6.42. The molecular weight excluding hydrogens is 295 g/mol. The summed E-state index contributed by atoms with van der Waals surface area (Å²) in [5.41, 5.74) is 3.14. The van der Waals surface area contributed by atoms with Gasteiger partial charge in [0.2, 0.25) is 0 Å². The Morgan fingerprint density at radius 2 is 1.39 bits per heavy atom. The van der Waals surface area contributed by atoms with Gasteiger partial charge in [-0.2, -0.15) is 0 Å². The van der Waals surface area contributed by atoms with Gasteiger partial charge in [-0.1, -0.05) is 79.8 Å². The van der Waals surface area contributed by atoms with Crippen LogP contribution in [0, 0.1) is 0 Å². The standard InChI is InChI=1S/C22H31P/c1-7-21(3,4)23(22(5,6)8-2)19-15-14-17-13-12-16-10-9-11-18(19)20(16)17/h9-11,14-15H,7-8,12-13H2,1-6H3. The van der Waals surface area contributed by atoms with Crippen LogP contribution in [0.5, 0.6) is 0 Å². The first-order chi connectivity index (χ1) is 10.8. The molecule has 0 spiro atoms. The quantitative estimate of drug-likeness (QED) is 0.556. The molecule has 0 aromatic heterocycles. The van der Waals surface area contributed by atoms with Crippen molar-refractivity contribution < 1.29 is 0 Å². The van der Waals surface area contributed by atoms with E-state index >= 15 is 0 Å². The Morgan fingerprint density at radius 3 is 1.96 bits per heavy atom. The summed E-state index contributed by atoms with van der Waals surface area (Å²) in [4.78, 5) is 0. The first kappa shape index (κ1) is 17.0. The summed E-state index contributed by atoms with van der Waals surface area (Å²) in [7, 11) is -0.239. The van der Waals surface area contributed by atoms with Crippen LogP contribution in [-0.2, 0) is 12.8 Å². The molecule has 0 amide bonds. The Hall–Kier alpha value is -0.870. The molecular formula is C22H31P. The fourth-order valence-electron chi connectivity index (χ4n) is 4.21. The first-order valence-electron chi connectivity index (χ1n) is 9.15. The van der Waals surface area contributed by atoms with Crippen molar-refractivity contribution in [1.29, 1.82) is 0 Å². The van der Waals surface area contributed by atoms with E-state index in [9.17, 15) is 0 Å². The van der Waals surface area contributed by atoms with Gasteiger partial charge in [-0.05, 0) is 63.2 Å². The molecule has 0 N–H and O–H groups in total. The molecule has 2 aromatic carbocycles. The molecule has 124 valence electrons. The number of hydrogen-bond acceptors (Lipinski definition) is 0. The van der Waals surface area contributed by atoms with Gasteiger partial charge < -0.3 is 0 Å². The van der Waals surface area contributed by atoms with Crippen molar-refractivity contribution in [2.75, 3.05) is 0 Å². The maximum atomic E-state index is 2.49. The molecule has 3 rings (SSSR count). The number of hydrogen-bond donors (Lipinski definition) is 0. The summed E-state index contributed by atoms with van der Waals surface area (Å²) < 4.78 is 0. The second-order valence-corrected chi connectivity index (χ2v) is 11.8. The molecule has 1 aliphatic rings. The van der Waals surface area contributed by atoms with Crippen molar-refractivity contribution in [3.8, 4) is 0 Å². The highest BCUT2D eigenvalue weighted by molar-refractivity contribution is 7.69. The summed E-state index contributed by atoms with van der Waals surface area (Å²) in [5.74, 6) is 0. The van der Waals surface area contributed by atoms with Crippen LogP contribution in [0.25, 0.3) is 10.8 Å². The SMILES string of the molecule is CCC(C)(C)P(c1ccc2c3c(cccc13)CC2)C(C)(C)CC. The second kappa shape index (κ2) is 5.89. The van der Waals surface area contributed by atoms with E-state index in [1.807, 2.05) is 0 Å². The molecule has 0 fully saturated rings. The van der Waals surface area contributed by atoms with E-state index in [1.54, 1.807) is 27.2 Å². The summed E-state index contributed by atoms with van der Waals surface area (Å²) in [6.45, 7) is 14.7. The molecule has 0 saturated carbocycles. The molecule has 0 bridgehead atoms. The number of benzene rings is 2. The Labute approximate surface area is 143 Å². The summed E-state index contributed by atoms with van der Waals surface area (Å²) in [6.07, 6.45) is 4.93. The van der Waals surface area contributed by atoms with Gasteiger partial charge in [-0.25, -0.2) is 0 Å². The van der Waals surface area contributed by atoms with Crippen molar-refractivity contribution >= 4 is 24.0 Å². The smallest absolute Gasteiger partial charge is 0.0101 e. The van der Waals surface area contributed by atoms with E-state index in [2.05, 4.69) is 71.9 Å². The highest BCUT2D eigenvalue weighted by atomic mass is 31.1. The molecule has 1 heteroatoms. The minimum absolute atomic E-state index is 0.239. The summed E-state index contributed by atoms with van der Waals surface area (Å²) >= 11 is 0. The van der Waals surface area contributed by atoms with Crippen LogP contribution in [0.4, 0.5) is 0 Å². The lowest BCUT2D eigenvalue weighted by molar-refractivity contribution is 0.610. The number of rotatable bonds is 5. The first-order valence-corrected chi connectivity index (χ1v) is 10.5. The van der Waals surface area contributed by atoms with Crippen molar-refractivity contribution in [2.24, 2.45) is 0 Å². The molecule has 0 atom stereocenters. The molecule has 0 unspecified atom stereocenters. The molecule has 0 nitrogen and oxygen atoms in total. The molecule has 23 heavy (non-hydrogen) atoms. The van der Waals surface area contributed by atoms with Crippen LogP contribution in [0.15, 0.2) is 30.3 Å². The minimum Gasteiger partial charge on any atom is -0.0645 e. The van der Waals surface area contributed by atoms with Gasteiger partial charge >= 0.3 is 0 Å². The molecule has 0 saturated heterocycles. The van der Waals surface area contributed by atoms with Crippen molar-refractivity contribution in [1.82, 2.24) is 0 Å². The van der Waals surface area contributed by atoms with E-state index in [0.29, 0.717) is 10.3 Å². The van der Waals surface area contributed by atoms with Crippen molar-refractivity contribution in [2.45, 2.75) is 77.5 Å². The Morgan fingerprint density at radius 1 is 0.826 bits per heavy atom. The average Bonchev–Trinajstić information content (AvgIpc) is 2.94. The highest BCUT2D eigenvalue weighted by Crippen LogP contribution is 2.62. The maximum absolute atomic E-state index is 2.49. The fourth-order valence-corrected chi connectivity index (χ4v) is 8.44. The molecule has 0 radical (unpaired) electrons. The normalized spacial score (nSPS) is 14.9. The van der Waals surface area contributed by atoms with Gasteiger partial charge in [0.05, 0.1) is 0 Å². The lowest BCUT2D eigenvalue weighted by atomic mass is 10.1. The van der Waals surface area contributed by atoms with E-state index in [0.717, 1.165) is 0 Å². The second-order valence-electron chi connectivity index (χ2n) is 8.25. The summed E-state index contributed by atoms with van der Waals surface area (Å²) in [5, 5.41) is 5.50. The fraction of sp³-hybridized carbons (Fsp3) is 0.545. The highest BCUT2D eigenvalue weighted by Gasteiger charge is 2.40. The average molecular weight is 326 g/mol. The van der Waals surface area contributed by atoms with Crippen molar-refractivity contribution in [3.63, 3.8) is 0 Å². The molecule has 0 aliphatic heterocycles. The van der Waals surface area contributed by atoms with Gasteiger partial charge in [0.25, 0.3) is 0 Å². The van der Waals surface area contributed by atoms with Crippen LogP contribution in [-0.4, -0.2) is 10.3 Å². The van der Waals surface area contributed by atoms with Gasteiger partial charge in [0.1, 0.15) is 0 Å². The monoisotopic (exact) mass is 326 g/mol. The maximum Gasteiger partial charge on any atom is -0.0101 e. The van der Waals surface area contributed by atoms with Gasteiger partial charge in [-0.15, -0.1) is 0 Å². The molecule has 2 aromatic rings. The van der Waals surface area contributed by atoms with E-state index in [1.165, 1.54) is 25.7 Å². The topological polar surface area (TPSA) is 0 Å². The predicted molar refractivity (Wildman–Crippen MR) is 107 cm³/mol. The Balaban J connectivity index is 2.28. The zero-order valence-corrected chi connectivity index (χ0v) is 16.6. The lowest BCUT2D eigenvalue weighted by Crippen LogP contribution is -2.34. The van der Waals surface area contributed by atoms with Gasteiger partial charge in [0, 0.05) is 0 Å². The van der Waals surface area contributed by atoms with Crippen LogP contribution in [0.2, 0.25) is 0 Å². The third-order valence-corrected chi connectivity index (χ3v) is 9.96. The lowest BCUT2D eigenvalue weighted by Gasteiger charge is -2.45. The van der Waals surface area contributed by atoms with Gasteiger partial charge in [0.15, 0.2) is 0 Å². The largest absolute Gasteiger partial charge is 0.0645 e. The molecule has 1 aliphatic carbocycles. The molecule has 0 heterocycles. The Bertz CT molecular complexity index is 698. The Kier molecular flexibility index (Phi) is 4.35. The zero-order valence-electron chi connectivity index (χ0n) is 15.7. The van der Waals surface area contributed by atoms with Gasteiger partial charge in [-0.3, -0.25) is 0 Å². The third kappa shape index (κ3) is 2.74. The minimum atomic E-state index is -0.239. The van der Waals surface area contributed by atoms with E-state index < -0.39 is 0 Å². The van der Waals surface area contributed by atoms with Crippen LogP contribution >= 0.6 is 7.92 Å². The van der Waals surface area contributed by atoms with Crippen LogP contribution in [0.1, 0.15) is 65.5 Å². The van der Waals surface area contributed by atoms with Crippen LogP contribution < -0.4 is 5.30 Å². The number of aryl methyl sites for hydroxylation is 2. The van der Waals surface area contributed by atoms with Crippen molar-refractivity contribution in [3.05, 3.63) is 41.5 Å². The summed E-state index contributed by atoms with van der Waals surface area (Å²) in [6, 6.07) is 11.9. The van der Waals surface area contributed by atoms with Crippen LogP contribution in [0.3, 0.4) is 0 Å². The van der Waals surface area contributed by atoms with E-state index in [4.69, 9.17) is 0 Å². The third-order valence-electron chi connectivity index (χ3n) is 6.04. The zero-order chi connectivity index (χ0) is 16.8. The van der Waals surface area contributed by atoms with E-state index in [-0.39, 0.29) is 7.92 Å².